The normalized spacial score (nSPS) is 12.0. The number of nitrogens with one attached hydrogen (secondary N) is 1. The summed E-state index contributed by atoms with van der Waals surface area (Å²) >= 11 is 3.11. The first-order chi connectivity index (χ1) is 10.2. The lowest BCUT2D eigenvalue weighted by atomic mass is 10.3. The summed E-state index contributed by atoms with van der Waals surface area (Å²) in [6.45, 7) is 0. The average molecular weight is 396 g/mol. The lowest BCUT2D eigenvalue weighted by molar-refractivity contribution is -0.274. The third-order valence-electron chi connectivity index (χ3n) is 2.45. The van der Waals surface area contributed by atoms with E-state index in [0.717, 1.165) is 12.1 Å². The van der Waals surface area contributed by atoms with Crippen molar-refractivity contribution < 1.29 is 26.3 Å². The number of sulfonamides is 1. The first-order valence-corrected chi connectivity index (χ1v) is 8.08. The van der Waals surface area contributed by atoms with Crippen LogP contribution in [-0.4, -0.2) is 14.8 Å². The highest BCUT2D eigenvalue weighted by molar-refractivity contribution is 9.10. The fourth-order valence-electron chi connectivity index (χ4n) is 1.63. The number of benzene rings is 2. The fourth-order valence-corrected chi connectivity index (χ4v) is 3.68. The van der Waals surface area contributed by atoms with Crippen LogP contribution in [0.15, 0.2) is 57.9 Å². The topological polar surface area (TPSA) is 55.4 Å². The van der Waals surface area contributed by atoms with Crippen molar-refractivity contribution in [2.75, 3.05) is 4.72 Å². The SMILES string of the molecule is O=S(=O)(Nc1cccc(OC(F)(F)F)c1)c1ccccc1Br. The number of hydrogen-bond acceptors (Lipinski definition) is 3. The van der Waals surface area contributed by atoms with Crippen LogP contribution < -0.4 is 9.46 Å². The molecule has 1 N–H and O–H groups in total. The number of hydrogen-bond donors (Lipinski definition) is 1. The predicted molar refractivity (Wildman–Crippen MR) is 78.1 cm³/mol. The number of ether oxygens (including phenoxy) is 1. The molecule has 0 aliphatic heterocycles. The summed E-state index contributed by atoms with van der Waals surface area (Å²) in [7, 11) is -3.94. The Morgan fingerprint density at radius 1 is 1.05 bits per heavy atom. The molecule has 0 heterocycles. The molecule has 0 radical (unpaired) electrons. The van der Waals surface area contributed by atoms with Crippen LogP contribution in [0.2, 0.25) is 0 Å². The van der Waals surface area contributed by atoms with Gasteiger partial charge in [0.05, 0.1) is 5.69 Å². The lowest BCUT2D eigenvalue weighted by Crippen LogP contribution is -2.17. The molecule has 0 aliphatic rings. The van der Waals surface area contributed by atoms with Gasteiger partial charge in [0.1, 0.15) is 10.6 Å². The van der Waals surface area contributed by atoms with Crippen molar-refractivity contribution in [3.05, 3.63) is 53.0 Å². The predicted octanol–water partition coefficient (Wildman–Crippen LogP) is 4.15. The summed E-state index contributed by atoms with van der Waals surface area (Å²) in [5.74, 6) is -0.514. The van der Waals surface area contributed by atoms with E-state index in [4.69, 9.17) is 0 Å². The van der Waals surface area contributed by atoms with Gasteiger partial charge in [-0.25, -0.2) is 8.42 Å². The molecule has 0 bridgehead atoms. The van der Waals surface area contributed by atoms with E-state index in [-0.39, 0.29) is 10.6 Å². The minimum Gasteiger partial charge on any atom is -0.406 e. The highest BCUT2D eigenvalue weighted by Gasteiger charge is 2.31. The van der Waals surface area contributed by atoms with Gasteiger partial charge in [0.25, 0.3) is 10.0 Å². The molecular formula is C13H9BrF3NO3S. The van der Waals surface area contributed by atoms with E-state index >= 15 is 0 Å². The molecule has 2 aromatic rings. The molecule has 0 aromatic heterocycles. The zero-order valence-electron chi connectivity index (χ0n) is 10.8. The second kappa shape index (κ2) is 6.17. The van der Waals surface area contributed by atoms with Crippen LogP contribution in [0.4, 0.5) is 18.9 Å². The van der Waals surface area contributed by atoms with Crippen LogP contribution in [0.5, 0.6) is 5.75 Å². The van der Waals surface area contributed by atoms with Gasteiger partial charge in [-0.05, 0) is 40.2 Å². The van der Waals surface area contributed by atoms with Gasteiger partial charge in [-0.1, -0.05) is 18.2 Å². The molecule has 4 nitrogen and oxygen atoms in total. The molecule has 0 saturated carbocycles. The standard InChI is InChI=1S/C13H9BrF3NO3S/c14-11-6-1-2-7-12(11)22(19,20)18-9-4-3-5-10(8-9)21-13(15,16)17/h1-8,18H. The third kappa shape index (κ3) is 4.38. The van der Waals surface area contributed by atoms with E-state index < -0.39 is 22.1 Å². The Bertz CT molecular complexity index is 778. The van der Waals surface area contributed by atoms with Crippen LogP contribution in [0.3, 0.4) is 0 Å². The molecule has 22 heavy (non-hydrogen) atoms. The first-order valence-electron chi connectivity index (χ1n) is 5.80. The summed E-state index contributed by atoms with van der Waals surface area (Å²) in [4.78, 5) is -0.0304. The molecule has 0 fully saturated rings. The van der Waals surface area contributed by atoms with E-state index in [1.54, 1.807) is 6.07 Å². The molecule has 0 aliphatic carbocycles. The molecule has 0 saturated heterocycles. The summed E-state index contributed by atoms with van der Waals surface area (Å²) < 4.78 is 67.2. The molecular weight excluding hydrogens is 387 g/mol. The van der Waals surface area contributed by atoms with Crippen molar-refractivity contribution in [2.24, 2.45) is 0 Å². The van der Waals surface area contributed by atoms with Crippen LogP contribution in [-0.2, 0) is 10.0 Å². The average Bonchev–Trinajstić information content (AvgIpc) is 2.36. The Hall–Kier alpha value is -1.74. The lowest BCUT2D eigenvalue weighted by Gasteiger charge is -2.12. The van der Waals surface area contributed by atoms with Crippen LogP contribution >= 0.6 is 15.9 Å². The van der Waals surface area contributed by atoms with E-state index in [0.29, 0.717) is 4.47 Å². The van der Waals surface area contributed by atoms with Gasteiger partial charge in [0.15, 0.2) is 0 Å². The van der Waals surface area contributed by atoms with Crippen LogP contribution in [0.25, 0.3) is 0 Å². The molecule has 118 valence electrons. The van der Waals surface area contributed by atoms with Crippen molar-refractivity contribution in [2.45, 2.75) is 11.3 Å². The number of anilines is 1. The third-order valence-corrected chi connectivity index (χ3v) is 4.84. The Balaban J connectivity index is 2.27. The molecule has 2 rings (SSSR count). The Morgan fingerprint density at radius 2 is 1.73 bits per heavy atom. The maximum absolute atomic E-state index is 12.2. The fraction of sp³-hybridized carbons (Fsp3) is 0.0769. The van der Waals surface area contributed by atoms with E-state index in [1.165, 1.54) is 30.3 Å². The van der Waals surface area contributed by atoms with Gasteiger partial charge in [-0.15, -0.1) is 13.2 Å². The molecule has 0 unspecified atom stereocenters. The maximum atomic E-state index is 12.2. The summed E-state index contributed by atoms with van der Waals surface area (Å²) in [5, 5.41) is 0. The zero-order valence-corrected chi connectivity index (χ0v) is 13.2. The second-order valence-electron chi connectivity index (χ2n) is 4.11. The minimum absolute atomic E-state index is 0.0304. The van der Waals surface area contributed by atoms with Crippen LogP contribution in [0, 0.1) is 0 Å². The highest BCUT2D eigenvalue weighted by Crippen LogP contribution is 2.27. The molecule has 9 heteroatoms. The second-order valence-corrected chi connectivity index (χ2v) is 6.62. The van der Waals surface area contributed by atoms with Crippen molar-refractivity contribution in [3.63, 3.8) is 0 Å². The van der Waals surface area contributed by atoms with Crippen molar-refractivity contribution >= 4 is 31.6 Å². The van der Waals surface area contributed by atoms with E-state index in [9.17, 15) is 21.6 Å². The number of alkyl halides is 3. The summed E-state index contributed by atoms with van der Waals surface area (Å²) in [5.41, 5.74) is -0.0440. The Kier molecular flexibility index (Phi) is 4.66. The Morgan fingerprint density at radius 3 is 2.36 bits per heavy atom. The van der Waals surface area contributed by atoms with Gasteiger partial charge >= 0.3 is 6.36 Å². The van der Waals surface area contributed by atoms with Gasteiger partial charge in [0, 0.05) is 10.5 Å². The minimum atomic E-state index is -4.85. The van der Waals surface area contributed by atoms with Crippen molar-refractivity contribution in [1.82, 2.24) is 0 Å². The maximum Gasteiger partial charge on any atom is 0.573 e. The van der Waals surface area contributed by atoms with Gasteiger partial charge in [-0.2, -0.15) is 0 Å². The Labute approximate surface area is 133 Å². The monoisotopic (exact) mass is 395 g/mol. The first kappa shape index (κ1) is 16.6. The molecule has 0 atom stereocenters. The van der Waals surface area contributed by atoms with E-state index in [2.05, 4.69) is 25.4 Å². The van der Waals surface area contributed by atoms with Gasteiger partial charge in [-0.3, -0.25) is 4.72 Å². The summed E-state index contributed by atoms with van der Waals surface area (Å²) in [6.07, 6.45) is -4.85. The molecule has 2 aromatic carbocycles. The van der Waals surface area contributed by atoms with Gasteiger partial charge < -0.3 is 4.74 Å². The largest absolute Gasteiger partial charge is 0.573 e. The molecule has 0 amide bonds. The zero-order chi connectivity index (χ0) is 16.4. The number of halogens is 4. The van der Waals surface area contributed by atoms with E-state index in [1.807, 2.05) is 0 Å². The van der Waals surface area contributed by atoms with Crippen molar-refractivity contribution in [1.29, 1.82) is 0 Å². The quantitative estimate of drug-likeness (QED) is 0.845. The van der Waals surface area contributed by atoms with Gasteiger partial charge in [0.2, 0.25) is 0 Å². The van der Waals surface area contributed by atoms with Crippen LogP contribution in [0.1, 0.15) is 0 Å². The highest BCUT2D eigenvalue weighted by atomic mass is 79.9. The number of rotatable bonds is 4. The smallest absolute Gasteiger partial charge is 0.406 e. The molecule has 0 spiro atoms. The summed E-state index contributed by atoms with van der Waals surface area (Å²) in [6, 6.07) is 10.7. The van der Waals surface area contributed by atoms with Crippen molar-refractivity contribution in [3.8, 4) is 5.75 Å².